The number of nitrogens with zero attached hydrogens (tertiary/aromatic N) is 4. The van der Waals surface area contributed by atoms with Crippen LogP contribution in [0.15, 0.2) is 24.4 Å². The van der Waals surface area contributed by atoms with Crippen molar-refractivity contribution in [2.24, 2.45) is 0 Å². The highest BCUT2D eigenvalue weighted by Gasteiger charge is 2.20. The Morgan fingerprint density at radius 2 is 2.12 bits per heavy atom. The first kappa shape index (κ1) is 11.9. The number of hydrogen-bond donors (Lipinski definition) is 1. The van der Waals surface area contributed by atoms with E-state index in [0.717, 1.165) is 12.2 Å². The smallest absolute Gasteiger partial charge is 0.243 e. The number of anilines is 1. The molecule has 2 heterocycles. The first-order valence-electron chi connectivity index (χ1n) is 5.72. The van der Waals surface area contributed by atoms with Crippen LogP contribution < -0.4 is 5.32 Å². The Morgan fingerprint density at radius 3 is 2.76 bits per heavy atom. The Labute approximate surface area is 101 Å². The normalized spacial score (nSPS) is 12.3. The Kier molecular flexibility index (Phi) is 3.02. The molecule has 0 aliphatic heterocycles. The summed E-state index contributed by atoms with van der Waals surface area (Å²) in [5.74, 6) is 0.672. The van der Waals surface area contributed by atoms with Crippen LogP contribution >= 0.6 is 0 Å². The van der Waals surface area contributed by atoms with Gasteiger partial charge in [-0.3, -0.25) is 0 Å². The van der Waals surface area contributed by atoms with Gasteiger partial charge >= 0.3 is 0 Å². The standard InChI is InChI=1S/C12H19N5/c1-12(2,16(3)4)9-13-11-14-10-7-5-6-8-17(10)15-11/h5-8H,9H2,1-4H3,(H,13,15). The summed E-state index contributed by atoms with van der Waals surface area (Å²) >= 11 is 0. The molecule has 0 saturated heterocycles. The van der Waals surface area contributed by atoms with E-state index < -0.39 is 0 Å². The van der Waals surface area contributed by atoms with Crippen LogP contribution in [-0.2, 0) is 0 Å². The van der Waals surface area contributed by atoms with Gasteiger partial charge in [0.05, 0.1) is 0 Å². The van der Waals surface area contributed by atoms with Gasteiger partial charge in [-0.15, -0.1) is 5.10 Å². The molecule has 0 unspecified atom stereocenters. The summed E-state index contributed by atoms with van der Waals surface area (Å²) in [5, 5.41) is 7.62. The molecule has 0 aliphatic carbocycles. The van der Waals surface area contributed by atoms with Crippen molar-refractivity contribution in [3.63, 3.8) is 0 Å². The van der Waals surface area contributed by atoms with E-state index in [9.17, 15) is 0 Å². The number of nitrogens with one attached hydrogen (secondary N) is 1. The number of pyridine rings is 1. The molecule has 2 rings (SSSR count). The number of aromatic nitrogens is 3. The van der Waals surface area contributed by atoms with Crippen molar-refractivity contribution >= 4 is 11.6 Å². The molecule has 0 saturated carbocycles. The van der Waals surface area contributed by atoms with Crippen LogP contribution in [0.4, 0.5) is 5.95 Å². The summed E-state index contributed by atoms with van der Waals surface area (Å²) in [7, 11) is 4.14. The highest BCUT2D eigenvalue weighted by molar-refractivity contribution is 5.42. The van der Waals surface area contributed by atoms with Gasteiger partial charge in [0.15, 0.2) is 5.65 Å². The summed E-state index contributed by atoms with van der Waals surface area (Å²) in [5.41, 5.74) is 0.926. The van der Waals surface area contributed by atoms with Gasteiger partial charge in [0.2, 0.25) is 5.95 Å². The van der Waals surface area contributed by atoms with Crippen LogP contribution in [0.2, 0.25) is 0 Å². The van der Waals surface area contributed by atoms with E-state index >= 15 is 0 Å². The average Bonchev–Trinajstić information content (AvgIpc) is 2.69. The minimum Gasteiger partial charge on any atom is -0.351 e. The number of rotatable bonds is 4. The highest BCUT2D eigenvalue weighted by atomic mass is 15.3. The monoisotopic (exact) mass is 233 g/mol. The quantitative estimate of drug-likeness (QED) is 0.869. The number of fused-ring (bicyclic) bond motifs is 1. The zero-order chi connectivity index (χ0) is 12.5. The Morgan fingerprint density at radius 1 is 1.35 bits per heavy atom. The molecule has 92 valence electrons. The largest absolute Gasteiger partial charge is 0.351 e. The van der Waals surface area contributed by atoms with Gasteiger partial charge in [-0.2, -0.15) is 4.98 Å². The molecule has 0 fully saturated rings. The van der Waals surface area contributed by atoms with Gasteiger partial charge < -0.3 is 10.2 Å². The summed E-state index contributed by atoms with van der Waals surface area (Å²) in [6, 6.07) is 5.84. The van der Waals surface area contributed by atoms with Crippen molar-refractivity contribution in [3.05, 3.63) is 24.4 Å². The average molecular weight is 233 g/mol. The van der Waals surface area contributed by atoms with E-state index in [2.05, 4.69) is 48.2 Å². The minimum atomic E-state index is 0.0669. The summed E-state index contributed by atoms with van der Waals surface area (Å²) in [6.07, 6.45) is 1.89. The van der Waals surface area contributed by atoms with Gasteiger partial charge in [0.25, 0.3) is 0 Å². The molecule has 0 radical (unpaired) electrons. The van der Waals surface area contributed by atoms with Crippen LogP contribution in [0.3, 0.4) is 0 Å². The predicted molar refractivity (Wildman–Crippen MR) is 69.2 cm³/mol. The molecule has 2 aromatic rings. The lowest BCUT2D eigenvalue weighted by atomic mass is 10.1. The molecule has 0 aliphatic rings. The van der Waals surface area contributed by atoms with E-state index in [1.807, 2.05) is 24.4 Å². The van der Waals surface area contributed by atoms with E-state index in [4.69, 9.17) is 0 Å². The predicted octanol–water partition coefficient (Wildman–Crippen LogP) is 1.48. The Hall–Kier alpha value is -1.62. The zero-order valence-electron chi connectivity index (χ0n) is 10.8. The lowest BCUT2D eigenvalue weighted by Gasteiger charge is -2.32. The van der Waals surface area contributed by atoms with Crippen LogP contribution in [0.25, 0.3) is 5.65 Å². The summed E-state index contributed by atoms with van der Waals surface area (Å²) < 4.78 is 1.77. The molecule has 0 amide bonds. The third-order valence-electron chi connectivity index (χ3n) is 3.13. The van der Waals surface area contributed by atoms with Crippen LogP contribution in [0.5, 0.6) is 0 Å². The fourth-order valence-corrected chi connectivity index (χ4v) is 1.36. The van der Waals surface area contributed by atoms with Crippen LogP contribution in [-0.4, -0.2) is 45.7 Å². The van der Waals surface area contributed by atoms with Crippen LogP contribution in [0.1, 0.15) is 13.8 Å². The molecule has 5 nitrogen and oxygen atoms in total. The second-order valence-electron chi connectivity index (χ2n) is 5.00. The highest BCUT2D eigenvalue weighted by Crippen LogP contribution is 2.11. The maximum absolute atomic E-state index is 4.40. The summed E-state index contributed by atoms with van der Waals surface area (Å²) in [6.45, 7) is 5.16. The summed E-state index contributed by atoms with van der Waals surface area (Å²) in [4.78, 5) is 6.57. The molecule has 0 atom stereocenters. The van der Waals surface area contributed by atoms with E-state index in [-0.39, 0.29) is 5.54 Å². The van der Waals surface area contributed by atoms with E-state index in [1.54, 1.807) is 4.52 Å². The van der Waals surface area contributed by atoms with E-state index in [1.165, 1.54) is 0 Å². The van der Waals surface area contributed by atoms with Crippen molar-refractivity contribution in [2.75, 3.05) is 26.0 Å². The maximum atomic E-state index is 4.40. The van der Waals surface area contributed by atoms with Gasteiger partial charge in [-0.05, 0) is 40.1 Å². The molecule has 2 aromatic heterocycles. The van der Waals surface area contributed by atoms with Crippen LogP contribution in [0, 0.1) is 0 Å². The van der Waals surface area contributed by atoms with Gasteiger partial charge in [0.1, 0.15) is 0 Å². The fraction of sp³-hybridized carbons (Fsp3) is 0.500. The van der Waals surface area contributed by atoms with Crippen molar-refractivity contribution < 1.29 is 0 Å². The minimum absolute atomic E-state index is 0.0669. The molecule has 0 spiro atoms. The molecular weight excluding hydrogens is 214 g/mol. The molecule has 17 heavy (non-hydrogen) atoms. The van der Waals surface area contributed by atoms with Crippen molar-refractivity contribution in [1.29, 1.82) is 0 Å². The first-order valence-corrected chi connectivity index (χ1v) is 5.72. The third kappa shape index (κ3) is 2.55. The zero-order valence-corrected chi connectivity index (χ0v) is 10.8. The van der Waals surface area contributed by atoms with Crippen molar-refractivity contribution in [3.8, 4) is 0 Å². The molecular formula is C12H19N5. The van der Waals surface area contributed by atoms with Gasteiger partial charge in [-0.25, -0.2) is 4.52 Å². The SMILES string of the molecule is CN(C)C(C)(C)CNc1nc2ccccn2n1. The van der Waals surface area contributed by atoms with Gasteiger partial charge in [0, 0.05) is 18.3 Å². The Balaban J connectivity index is 2.09. The van der Waals surface area contributed by atoms with Crippen molar-refractivity contribution in [2.45, 2.75) is 19.4 Å². The molecule has 5 heteroatoms. The fourth-order valence-electron chi connectivity index (χ4n) is 1.36. The van der Waals surface area contributed by atoms with Crippen molar-refractivity contribution in [1.82, 2.24) is 19.5 Å². The lowest BCUT2D eigenvalue weighted by molar-refractivity contribution is 0.210. The second-order valence-corrected chi connectivity index (χ2v) is 5.00. The maximum Gasteiger partial charge on any atom is 0.243 e. The molecule has 0 aromatic carbocycles. The second kappa shape index (κ2) is 4.33. The number of hydrogen-bond acceptors (Lipinski definition) is 4. The van der Waals surface area contributed by atoms with Gasteiger partial charge in [-0.1, -0.05) is 6.07 Å². The topological polar surface area (TPSA) is 45.5 Å². The number of likely N-dealkylation sites (N-methyl/N-ethyl adjacent to an activating group) is 1. The lowest BCUT2D eigenvalue weighted by Crippen LogP contribution is -2.44. The Bertz CT molecular complexity index is 467. The van der Waals surface area contributed by atoms with E-state index in [0.29, 0.717) is 5.95 Å². The third-order valence-corrected chi connectivity index (χ3v) is 3.13. The molecule has 0 bridgehead atoms. The molecule has 1 N–H and O–H groups in total. The first-order chi connectivity index (χ1) is 7.99.